The molecule has 4 amide bonds. The first-order chi connectivity index (χ1) is 10.9. The summed E-state index contributed by atoms with van der Waals surface area (Å²) in [6.45, 7) is 3.31. The minimum Gasteiger partial charge on any atom is -0.496 e. The van der Waals surface area contributed by atoms with Crippen molar-refractivity contribution in [3.8, 4) is 5.75 Å². The van der Waals surface area contributed by atoms with E-state index in [4.69, 9.17) is 4.74 Å². The third-order valence-corrected chi connectivity index (χ3v) is 3.39. The maximum absolute atomic E-state index is 12.4. The van der Waals surface area contributed by atoms with Crippen molar-refractivity contribution in [3.63, 3.8) is 0 Å². The maximum Gasteiger partial charge on any atom is 0.334 e. The number of benzene rings is 1. The van der Waals surface area contributed by atoms with Crippen LogP contribution in [0, 0.1) is 5.92 Å². The highest BCUT2D eigenvalue weighted by molar-refractivity contribution is 6.45. The average Bonchev–Trinajstić information content (AvgIpc) is 2.72. The van der Waals surface area contributed by atoms with Gasteiger partial charge in [0.25, 0.3) is 0 Å². The Hall–Kier alpha value is -2.70. The zero-order valence-electron chi connectivity index (χ0n) is 13.2. The van der Waals surface area contributed by atoms with Crippen molar-refractivity contribution in [1.82, 2.24) is 9.80 Å². The van der Waals surface area contributed by atoms with E-state index in [2.05, 4.69) is 0 Å². The summed E-state index contributed by atoms with van der Waals surface area (Å²) >= 11 is 0. The van der Waals surface area contributed by atoms with Crippen LogP contribution in [0.2, 0.25) is 0 Å². The zero-order chi connectivity index (χ0) is 17.1. The molecule has 0 unspecified atom stereocenters. The number of nitrogens with zero attached hydrogens (tertiary/aromatic N) is 2. The van der Waals surface area contributed by atoms with Crippen LogP contribution in [0.5, 0.6) is 5.75 Å². The fraction of sp³-hybridized carbons (Fsp3) is 0.375. The molecule has 1 aliphatic heterocycles. The second-order valence-corrected chi connectivity index (χ2v) is 5.61. The van der Waals surface area contributed by atoms with Gasteiger partial charge in [-0.15, -0.1) is 0 Å². The van der Waals surface area contributed by atoms with Gasteiger partial charge < -0.3 is 4.74 Å². The Morgan fingerprint density at radius 2 is 1.70 bits per heavy atom. The Morgan fingerprint density at radius 3 is 2.30 bits per heavy atom. The molecule has 1 heterocycles. The van der Waals surface area contributed by atoms with E-state index < -0.39 is 30.2 Å². The Labute approximate surface area is 133 Å². The number of para-hydroxylation sites is 1. The van der Waals surface area contributed by atoms with E-state index in [0.717, 1.165) is 4.90 Å². The van der Waals surface area contributed by atoms with Crippen molar-refractivity contribution in [2.45, 2.75) is 13.8 Å². The highest BCUT2D eigenvalue weighted by atomic mass is 16.5. The molecule has 23 heavy (non-hydrogen) atoms. The van der Waals surface area contributed by atoms with Gasteiger partial charge in [0.05, 0.1) is 19.2 Å². The van der Waals surface area contributed by atoms with Crippen LogP contribution in [-0.2, 0) is 9.59 Å². The van der Waals surface area contributed by atoms with Crippen LogP contribution in [0.3, 0.4) is 0 Å². The number of ketones is 1. The van der Waals surface area contributed by atoms with E-state index in [9.17, 15) is 19.2 Å². The van der Waals surface area contributed by atoms with Crippen LogP contribution in [0.4, 0.5) is 4.79 Å². The van der Waals surface area contributed by atoms with Crippen molar-refractivity contribution < 1.29 is 23.9 Å². The number of methoxy groups -OCH3 is 1. The number of carbonyl (C=O) groups is 4. The van der Waals surface area contributed by atoms with Crippen LogP contribution in [0.1, 0.15) is 24.2 Å². The lowest BCUT2D eigenvalue weighted by Gasteiger charge is -2.17. The summed E-state index contributed by atoms with van der Waals surface area (Å²) in [4.78, 5) is 50.0. The molecular formula is C16H18N2O5. The third-order valence-electron chi connectivity index (χ3n) is 3.39. The Balaban J connectivity index is 2.19. The van der Waals surface area contributed by atoms with Gasteiger partial charge >= 0.3 is 17.8 Å². The summed E-state index contributed by atoms with van der Waals surface area (Å²) < 4.78 is 5.09. The van der Waals surface area contributed by atoms with E-state index in [1.807, 2.05) is 13.8 Å². The summed E-state index contributed by atoms with van der Waals surface area (Å²) in [7, 11) is 1.42. The molecule has 0 saturated carbocycles. The molecule has 2 rings (SSSR count). The van der Waals surface area contributed by atoms with Crippen molar-refractivity contribution in [3.05, 3.63) is 29.8 Å². The predicted octanol–water partition coefficient (Wildman–Crippen LogP) is 1.32. The molecule has 0 aromatic heterocycles. The molecule has 0 N–H and O–H groups in total. The van der Waals surface area contributed by atoms with Gasteiger partial charge in [-0.05, 0) is 18.1 Å². The molecular weight excluding hydrogens is 300 g/mol. The number of imide groups is 2. The van der Waals surface area contributed by atoms with Crippen molar-refractivity contribution in [1.29, 1.82) is 0 Å². The standard InChI is InChI=1S/C16H18N2O5/c1-10(2)8-17-14(20)15(21)18(16(17)22)9-12(19)11-6-4-5-7-13(11)23-3/h4-7,10H,8-9H2,1-3H3. The van der Waals surface area contributed by atoms with Gasteiger partial charge in [-0.2, -0.15) is 0 Å². The number of urea groups is 1. The first kappa shape index (κ1) is 16.7. The summed E-state index contributed by atoms with van der Waals surface area (Å²) in [5, 5.41) is 0. The quantitative estimate of drug-likeness (QED) is 0.449. The number of amides is 4. The van der Waals surface area contributed by atoms with E-state index in [1.165, 1.54) is 7.11 Å². The average molecular weight is 318 g/mol. The molecule has 1 fully saturated rings. The lowest BCUT2D eigenvalue weighted by molar-refractivity contribution is -0.143. The van der Waals surface area contributed by atoms with Gasteiger partial charge in [-0.25, -0.2) is 9.69 Å². The van der Waals surface area contributed by atoms with Gasteiger partial charge in [-0.1, -0.05) is 26.0 Å². The summed E-state index contributed by atoms with van der Waals surface area (Å²) in [5.41, 5.74) is 0.255. The van der Waals surface area contributed by atoms with Gasteiger partial charge in [0.2, 0.25) is 0 Å². The predicted molar refractivity (Wildman–Crippen MR) is 81.0 cm³/mol. The van der Waals surface area contributed by atoms with Crippen LogP contribution < -0.4 is 4.74 Å². The van der Waals surface area contributed by atoms with Gasteiger partial charge in [0.1, 0.15) is 5.75 Å². The van der Waals surface area contributed by atoms with Crippen LogP contribution in [0.15, 0.2) is 24.3 Å². The molecule has 1 aromatic carbocycles. The SMILES string of the molecule is COc1ccccc1C(=O)CN1C(=O)C(=O)N(CC(C)C)C1=O. The Morgan fingerprint density at radius 1 is 1.09 bits per heavy atom. The number of carbonyl (C=O) groups excluding carboxylic acids is 4. The minimum atomic E-state index is -0.973. The Kier molecular flexibility index (Phi) is 4.78. The molecule has 1 aliphatic rings. The van der Waals surface area contributed by atoms with Crippen molar-refractivity contribution >= 4 is 23.6 Å². The van der Waals surface area contributed by atoms with E-state index in [1.54, 1.807) is 24.3 Å². The van der Waals surface area contributed by atoms with E-state index >= 15 is 0 Å². The molecule has 1 saturated heterocycles. The third kappa shape index (κ3) is 3.23. The van der Waals surface area contributed by atoms with Gasteiger partial charge in [0, 0.05) is 6.54 Å². The molecule has 0 aliphatic carbocycles. The number of Topliss-reactive ketones (excluding diaryl/α,β-unsaturated/α-hetero) is 1. The highest BCUT2D eigenvalue weighted by Gasteiger charge is 2.45. The normalized spacial score (nSPS) is 14.9. The summed E-state index contributed by atoms with van der Waals surface area (Å²) in [6.07, 6.45) is 0. The lowest BCUT2D eigenvalue weighted by Crippen LogP contribution is -2.38. The maximum atomic E-state index is 12.4. The molecule has 7 nitrogen and oxygen atoms in total. The molecule has 0 spiro atoms. The smallest absolute Gasteiger partial charge is 0.334 e. The fourth-order valence-electron chi connectivity index (χ4n) is 2.32. The minimum absolute atomic E-state index is 0.0283. The fourth-order valence-corrected chi connectivity index (χ4v) is 2.32. The van der Waals surface area contributed by atoms with E-state index in [0.29, 0.717) is 10.6 Å². The van der Waals surface area contributed by atoms with Gasteiger partial charge in [0.15, 0.2) is 5.78 Å². The van der Waals surface area contributed by atoms with Crippen LogP contribution in [0.25, 0.3) is 0 Å². The molecule has 0 radical (unpaired) electrons. The number of rotatable bonds is 6. The molecule has 0 bridgehead atoms. The number of hydrogen-bond acceptors (Lipinski definition) is 5. The van der Waals surface area contributed by atoms with E-state index in [-0.39, 0.29) is 18.0 Å². The Bertz CT molecular complexity index is 668. The van der Waals surface area contributed by atoms with Gasteiger partial charge in [-0.3, -0.25) is 19.3 Å². The molecule has 122 valence electrons. The molecule has 1 aromatic rings. The van der Waals surface area contributed by atoms with Crippen LogP contribution >= 0.6 is 0 Å². The van der Waals surface area contributed by atoms with Crippen LogP contribution in [-0.4, -0.2) is 53.6 Å². The number of ether oxygens (including phenoxy) is 1. The first-order valence-electron chi connectivity index (χ1n) is 7.20. The largest absolute Gasteiger partial charge is 0.496 e. The number of hydrogen-bond donors (Lipinski definition) is 0. The topological polar surface area (TPSA) is 84.0 Å². The lowest BCUT2D eigenvalue weighted by atomic mass is 10.1. The second kappa shape index (κ2) is 6.60. The monoisotopic (exact) mass is 318 g/mol. The second-order valence-electron chi connectivity index (χ2n) is 5.61. The molecule has 7 heteroatoms. The summed E-state index contributed by atoms with van der Waals surface area (Å²) in [6, 6.07) is 5.75. The summed E-state index contributed by atoms with van der Waals surface area (Å²) in [5.74, 6) is -1.96. The zero-order valence-corrected chi connectivity index (χ0v) is 13.2. The molecule has 0 atom stereocenters. The highest BCUT2D eigenvalue weighted by Crippen LogP contribution is 2.20. The van der Waals surface area contributed by atoms with Crippen molar-refractivity contribution in [2.75, 3.05) is 20.2 Å². The first-order valence-corrected chi connectivity index (χ1v) is 7.20. The van der Waals surface area contributed by atoms with Crippen molar-refractivity contribution in [2.24, 2.45) is 5.92 Å².